The first-order valence-corrected chi connectivity index (χ1v) is 6.25. The van der Waals surface area contributed by atoms with Crippen LogP contribution in [0.3, 0.4) is 0 Å². The second-order valence-corrected chi connectivity index (χ2v) is 4.70. The number of carbonyl (C=O) groups excluding carboxylic acids is 1. The molecule has 0 saturated carbocycles. The summed E-state index contributed by atoms with van der Waals surface area (Å²) in [6.45, 7) is 1.75. The zero-order valence-electron chi connectivity index (χ0n) is 11.0. The van der Waals surface area contributed by atoms with Crippen LogP contribution in [0.2, 0.25) is 0 Å². The number of rotatable bonds is 3. The summed E-state index contributed by atoms with van der Waals surface area (Å²) in [4.78, 5) is 22.3. The van der Waals surface area contributed by atoms with Gasteiger partial charge in [-0.15, -0.1) is 0 Å². The second kappa shape index (κ2) is 5.71. The van der Waals surface area contributed by atoms with Crippen molar-refractivity contribution in [3.05, 3.63) is 51.8 Å². The van der Waals surface area contributed by atoms with Gasteiger partial charge in [0.15, 0.2) is 10.9 Å². The summed E-state index contributed by atoms with van der Waals surface area (Å²) in [6, 6.07) is 7.60. The van der Waals surface area contributed by atoms with Crippen molar-refractivity contribution in [2.75, 3.05) is 0 Å². The molecule has 0 fully saturated rings. The molecule has 0 atom stereocenters. The fourth-order valence-corrected chi connectivity index (χ4v) is 1.87. The number of hydrogen-bond donors (Lipinski definition) is 2. The van der Waals surface area contributed by atoms with Gasteiger partial charge in [-0.1, -0.05) is 6.07 Å². The maximum Gasteiger partial charge on any atom is 0.293 e. The third-order valence-corrected chi connectivity index (χ3v) is 2.78. The van der Waals surface area contributed by atoms with Crippen molar-refractivity contribution in [2.45, 2.75) is 6.92 Å². The van der Waals surface area contributed by atoms with E-state index in [4.69, 9.17) is 10.2 Å². The average molecular weight is 305 g/mol. The van der Waals surface area contributed by atoms with Crippen LogP contribution in [0.5, 0.6) is 0 Å². The van der Waals surface area contributed by atoms with Crippen LogP contribution < -0.4 is 11.1 Å². The quantitative estimate of drug-likeness (QED) is 0.510. The van der Waals surface area contributed by atoms with Crippen molar-refractivity contribution in [3.8, 4) is 11.3 Å². The summed E-state index contributed by atoms with van der Waals surface area (Å²) >= 11 is 4.56. The molecule has 2 rings (SSSR count). The molecule has 1 aromatic carbocycles. The number of nitro groups is 1. The Bertz CT molecular complexity index is 739. The first-order valence-electron chi connectivity index (χ1n) is 5.84. The number of amides is 1. The normalized spacial score (nSPS) is 10.1. The number of thiocarbonyl (C=S) groups is 1. The maximum atomic E-state index is 11.7. The van der Waals surface area contributed by atoms with Crippen LogP contribution in [0.15, 0.2) is 34.7 Å². The number of nitro benzene ring substituents is 1. The third kappa shape index (κ3) is 3.23. The number of benzene rings is 1. The molecule has 1 aromatic heterocycles. The van der Waals surface area contributed by atoms with Crippen LogP contribution in [0.4, 0.5) is 5.69 Å². The monoisotopic (exact) mass is 305 g/mol. The lowest BCUT2D eigenvalue weighted by Gasteiger charge is -2.02. The minimum Gasteiger partial charge on any atom is -0.451 e. The first kappa shape index (κ1) is 14.7. The van der Waals surface area contributed by atoms with E-state index in [1.807, 2.05) is 0 Å². The van der Waals surface area contributed by atoms with Crippen LogP contribution in [-0.4, -0.2) is 15.9 Å². The van der Waals surface area contributed by atoms with Crippen LogP contribution >= 0.6 is 12.2 Å². The van der Waals surface area contributed by atoms with Gasteiger partial charge in [0.2, 0.25) is 0 Å². The molecule has 0 radical (unpaired) electrons. The number of aryl methyl sites for hydroxylation is 1. The molecule has 0 saturated heterocycles. The van der Waals surface area contributed by atoms with E-state index in [2.05, 4.69) is 17.5 Å². The van der Waals surface area contributed by atoms with Crippen LogP contribution in [0.25, 0.3) is 11.3 Å². The molecule has 0 aliphatic rings. The van der Waals surface area contributed by atoms with Gasteiger partial charge in [0.1, 0.15) is 5.76 Å². The SMILES string of the molecule is Cc1ccc(-c2ccc(C(=O)NC(N)=S)o2)c([N+](=O)[O-])c1. The predicted molar refractivity (Wildman–Crippen MR) is 79.8 cm³/mol. The minimum absolute atomic E-state index is 0.0346. The van der Waals surface area contributed by atoms with Crippen molar-refractivity contribution >= 4 is 28.9 Å². The molecule has 1 heterocycles. The molecule has 3 N–H and O–H groups in total. The Morgan fingerprint density at radius 3 is 2.71 bits per heavy atom. The third-order valence-electron chi connectivity index (χ3n) is 2.68. The van der Waals surface area contributed by atoms with E-state index < -0.39 is 10.8 Å². The Hall–Kier alpha value is -2.74. The Morgan fingerprint density at radius 1 is 1.38 bits per heavy atom. The maximum absolute atomic E-state index is 11.7. The van der Waals surface area contributed by atoms with Crippen molar-refractivity contribution < 1.29 is 14.1 Å². The molecule has 0 unspecified atom stereocenters. The van der Waals surface area contributed by atoms with Gasteiger partial charge in [-0.3, -0.25) is 20.2 Å². The molecule has 2 aromatic rings. The van der Waals surface area contributed by atoms with E-state index in [0.717, 1.165) is 5.56 Å². The van der Waals surface area contributed by atoms with Crippen LogP contribution in [-0.2, 0) is 0 Å². The lowest BCUT2D eigenvalue weighted by Crippen LogP contribution is -2.34. The summed E-state index contributed by atoms with van der Waals surface area (Å²) in [6.07, 6.45) is 0. The number of carbonyl (C=O) groups is 1. The van der Waals surface area contributed by atoms with E-state index in [0.29, 0.717) is 5.56 Å². The van der Waals surface area contributed by atoms with Crippen LogP contribution in [0.1, 0.15) is 16.1 Å². The fourth-order valence-electron chi connectivity index (χ4n) is 1.78. The molecule has 7 nitrogen and oxygen atoms in total. The van der Waals surface area contributed by atoms with E-state index >= 15 is 0 Å². The van der Waals surface area contributed by atoms with Gasteiger partial charge in [-0.2, -0.15) is 0 Å². The Kier molecular flexibility index (Phi) is 3.99. The highest BCUT2D eigenvalue weighted by Crippen LogP contribution is 2.31. The molecule has 0 aliphatic carbocycles. The lowest BCUT2D eigenvalue weighted by atomic mass is 10.1. The van der Waals surface area contributed by atoms with Gasteiger partial charge in [0, 0.05) is 6.07 Å². The Morgan fingerprint density at radius 2 is 2.10 bits per heavy atom. The molecular formula is C13H11N3O4S. The number of nitrogens with two attached hydrogens (primary N) is 1. The predicted octanol–water partition coefficient (Wildman–Crippen LogP) is 2.14. The summed E-state index contributed by atoms with van der Waals surface area (Å²) in [7, 11) is 0. The molecule has 8 heteroatoms. The van der Waals surface area contributed by atoms with Gasteiger partial charge >= 0.3 is 0 Å². The molecule has 0 aliphatic heterocycles. The topological polar surface area (TPSA) is 111 Å². The number of nitrogens with zero attached hydrogens (tertiary/aromatic N) is 1. The highest BCUT2D eigenvalue weighted by Gasteiger charge is 2.20. The van der Waals surface area contributed by atoms with Gasteiger partial charge in [-0.25, -0.2) is 0 Å². The standard InChI is InChI=1S/C13H11N3O4S/c1-7-2-3-8(9(6-7)16(18)19)10-4-5-11(20-10)12(17)15-13(14)21/h2-6H,1H3,(H3,14,15,17,21). The minimum atomic E-state index is -0.608. The van der Waals surface area contributed by atoms with Gasteiger partial charge in [0.25, 0.3) is 11.6 Å². The zero-order valence-corrected chi connectivity index (χ0v) is 11.8. The second-order valence-electron chi connectivity index (χ2n) is 4.26. The number of nitrogens with one attached hydrogen (secondary N) is 1. The smallest absolute Gasteiger partial charge is 0.293 e. The zero-order chi connectivity index (χ0) is 15.6. The van der Waals surface area contributed by atoms with E-state index in [1.54, 1.807) is 19.1 Å². The highest BCUT2D eigenvalue weighted by molar-refractivity contribution is 7.80. The lowest BCUT2D eigenvalue weighted by molar-refractivity contribution is -0.384. The Balaban J connectivity index is 2.40. The van der Waals surface area contributed by atoms with Gasteiger partial charge in [-0.05, 0) is 42.9 Å². The summed E-state index contributed by atoms with van der Waals surface area (Å²) in [5.74, 6) is -0.425. The number of furan rings is 1. The summed E-state index contributed by atoms with van der Waals surface area (Å²) in [5, 5.41) is 13.1. The highest BCUT2D eigenvalue weighted by atomic mass is 32.1. The molecule has 21 heavy (non-hydrogen) atoms. The van der Waals surface area contributed by atoms with E-state index in [9.17, 15) is 14.9 Å². The van der Waals surface area contributed by atoms with Crippen molar-refractivity contribution in [1.82, 2.24) is 5.32 Å². The molecular weight excluding hydrogens is 294 g/mol. The van der Waals surface area contributed by atoms with E-state index in [-0.39, 0.29) is 22.3 Å². The Labute approximate surface area is 124 Å². The first-order chi connectivity index (χ1) is 9.88. The molecule has 0 spiro atoms. The van der Waals surface area contributed by atoms with Crippen molar-refractivity contribution in [1.29, 1.82) is 0 Å². The summed E-state index contributed by atoms with van der Waals surface area (Å²) < 4.78 is 5.33. The summed E-state index contributed by atoms with van der Waals surface area (Å²) in [5.41, 5.74) is 6.15. The number of hydrogen-bond acceptors (Lipinski definition) is 5. The molecule has 1 amide bonds. The average Bonchev–Trinajstić information content (AvgIpc) is 2.87. The van der Waals surface area contributed by atoms with Gasteiger partial charge in [0.05, 0.1) is 10.5 Å². The molecule has 0 bridgehead atoms. The molecule has 108 valence electrons. The van der Waals surface area contributed by atoms with Crippen molar-refractivity contribution in [3.63, 3.8) is 0 Å². The van der Waals surface area contributed by atoms with Gasteiger partial charge < -0.3 is 10.2 Å². The van der Waals surface area contributed by atoms with Crippen LogP contribution in [0, 0.1) is 17.0 Å². The van der Waals surface area contributed by atoms with Crippen molar-refractivity contribution in [2.24, 2.45) is 5.73 Å². The largest absolute Gasteiger partial charge is 0.451 e. The fraction of sp³-hybridized carbons (Fsp3) is 0.0769. The van der Waals surface area contributed by atoms with E-state index in [1.165, 1.54) is 18.2 Å².